The zero-order chi connectivity index (χ0) is 23.5. The molecule has 1 saturated heterocycles. The minimum atomic E-state index is -4.79. The van der Waals surface area contributed by atoms with Crippen LogP contribution in [-0.2, 0) is 23.4 Å². The number of thioether (sulfide) groups is 1. The summed E-state index contributed by atoms with van der Waals surface area (Å²) in [7, 11) is -3.53. The second-order valence-electron chi connectivity index (χ2n) is 6.79. The van der Waals surface area contributed by atoms with Gasteiger partial charge in [0, 0.05) is 5.75 Å². The van der Waals surface area contributed by atoms with E-state index >= 15 is 0 Å². The van der Waals surface area contributed by atoms with E-state index in [-0.39, 0.29) is 23.5 Å². The molecule has 3 heterocycles. The monoisotopic (exact) mass is 493 g/mol. The Morgan fingerprint density at radius 2 is 2.09 bits per heavy atom. The van der Waals surface area contributed by atoms with Gasteiger partial charge >= 0.3 is 13.8 Å². The molecule has 3 rings (SSSR count). The van der Waals surface area contributed by atoms with Gasteiger partial charge in [-0.3, -0.25) is 13.9 Å². The topological polar surface area (TPSA) is 198 Å². The number of aliphatic hydroxyl groups is 2. The summed E-state index contributed by atoms with van der Waals surface area (Å²) in [5, 5.41) is 24.0. The molecular weight excluding hydrogens is 469 g/mol. The van der Waals surface area contributed by atoms with E-state index in [1.54, 1.807) is 0 Å². The average Bonchev–Trinajstić information content (AvgIpc) is 3.29. The number of carbonyl (C=O) groups excluding carboxylic acids is 1. The van der Waals surface area contributed by atoms with Crippen LogP contribution in [0.4, 0.5) is 5.82 Å². The molecule has 0 spiro atoms. The molecule has 4 atom stereocenters. The zero-order valence-corrected chi connectivity index (χ0v) is 18.9. The molecule has 1 aliphatic heterocycles. The first-order valence-corrected chi connectivity index (χ1v) is 12.1. The van der Waals surface area contributed by atoms with Crippen LogP contribution in [-0.4, -0.2) is 89.8 Å². The van der Waals surface area contributed by atoms with Gasteiger partial charge in [-0.1, -0.05) is 18.7 Å². The van der Waals surface area contributed by atoms with E-state index in [1.807, 2.05) is 6.92 Å². The van der Waals surface area contributed by atoms with Gasteiger partial charge in [0.1, 0.15) is 24.9 Å². The highest BCUT2D eigenvalue weighted by Crippen LogP contribution is 2.39. The standard InChI is InChI=1S/C16H24N5O9PS/c1-3-4-32-16-19-13(17-5-9(22)28-2)10-14(20-16)21(7-18-10)15-12(24)11(23)8(30-15)6-29-31(25,26)27/h7-8,11-12,15,23-24H,3-6H2,1-2H3,(H,17,19,20)(H2,25,26,27)/t8-,11?,12?,15-/m1/s1. The first kappa shape index (κ1) is 24.8. The van der Waals surface area contributed by atoms with Crippen molar-refractivity contribution in [3.05, 3.63) is 6.33 Å². The lowest BCUT2D eigenvalue weighted by atomic mass is 10.1. The Balaban J connectivity index is 1.92. The number of hydrogen-bond acceptors (Lipinski definition) is 12. The van der Waals surface area contributed by atoms with Crippen molar-refractivity contribution in [3.8, 4) is 0 Å². The summed E-state index contributed by atoms with van der Waals surface area (Å²) in [5.74, 6) is 0.496. The summed E-state index contributed by atoms with van der Waals surface area (Å²) in [5.41, 5.74) is 0.550. The van der Waals surface area contributed by atoms with Gasteiger partial charge in [-0.2, -0.15) is 0 Å². The molecule has 1 fully saturated rings. The fraction of sp³-hybridized carbons (Fsp3) is 0.625. The number of fused-ring (bicyclic) bond motifs is 1. The molecule has 178 valence electrons. The van der Waals surface area contributed by atoms with Crippen molar-refractivity contribution in [1.29, 1.82) is 0 Å². The molecule has 2 aromatic heterocycles. The van der Waals surface area contributed by atoms with Crippen molar-refractivity contribution in [2.75, 3.05) is 31.3 Å². The number of aliphatic hydroxyl groups excluding tert-OH is 2. The van der Waals surface area contributed by atoms with Gasteiger partial charge in [0.15, 0.2) is 28.4 Å². The highest BCUT2D eigenvalue weighted by molar-refractivity contribution is 7.99. The molecular formula is C16H24N5O9PS. The minimum Gasteiger partial charge on any atom is -0.468 e. The Kier molecular flexibility index (Phi) is 8.06. The van der Waals surface area contributed by atoms with Gasteiger partial charge in [-0.25, -0.2) is 19.5 Å². The Morgan fingerprint density at radius 3 is 2.75 bits per heavy atom. The number of nitrogens with one attached hydrogen (secondary N) is 1. The number of rotatable bonds is 10. The summed E-state index contributed by atoms with van der Waals surface area (Å²) < 4.78 is 27.0. The van der Waals surface area contributed by atoms with E-state index in [1.165, 1.54) is 29.8 Å². The maximum atomic E-state index is 11.5. The molecule has 32 heavy (non-hydrogen) atoms. The maximum Gasteiger partial charge on any atom is 0.469 e. The van der Waals surface area contributed by atoms with Crippen molar-refractivity contribution in [1.82, 2.24) is 19.5 Å². The van der Waals surface area contributed by atoms with Crippen LogP contribution in [0.3, 0.4) is 0 Å². The highest BCUT2D eigenvalue weighted by atomic mass is 32.2. The van der Waals surface area contributed by atoms with Gasteiger partial charge in [0.05, 0.1) is 20.0 Å². The molecule has 0 amide bonds. The van der Waals surface area contributed by atoms with Crippen molar-refractivity contribution in [2.45, 2.75) is 43.0 Å². The van der Waals surface area contributed by atoms with Crippen molar-refractivity contribution in [3.63, 3.8) is 0 Å². The minimum absolute atomic E-state index is 0.156. The third-order valence-corrected chi connectivity index (χ3v) is 6.02. The lowest BCUT2D eigenvalue weighted by Crippen LogP contribution is -2.33. The van der Waals surface area contributed by atoms with E-state index in [0.29, 0.717) is 5.16 Å². The second-order valence-corrected chi connectivity index (χ2v) is 9.09. The predicted molar refractivity (Wildman–Crippen MR) is 111 cm³/mol. The lowest BCUT2D eigenvalue weighted by Gasteiger charge is -2.17. The molecule has 16 heteroatoms. The van der Waals surface area contributed by atoms with Crippen LogP contribution >= 0.6 is 19.6 Å². The number of methoxy groups -OCH3 is 1. The summed E-state index contributed by atoms with van der Waals surface area (Å²) in [6, 6.07) is 0. The smallest absolute Gasteiger partial charge is 0.468 e. The average molecular weight is 493 g/mol. The molecule has 5 N–H and O–H groups in total. The van der Waals surface area contributed by atoms with E-state index in [2.05, 4.69) is 29.5 Å². The van der Waals surface area contributed by atoms with Crippen LogP contribution in [0.25, 0.3) is 11.2 Å². The second kappa shape index (κ2) is 10.4. The first-order chi connectivity index (χ1) is 15.1. The number of anilines is 1. The molecule has 0 radical (unpaired) electrons. The van der Waals surface area contributed by atoms with E-state index in [4.69, 9.17) is 14.5 Å². The third-order valence-electron chi connectivity index (χ3n) is 4.48. The number of esters is 1. The van der Waals surface area contributed by atoms with Crippen LogP contribution in [0.5, 0.6) is 0 Å². The van der Waals surface area contributed by atoms with E-state index in [0.717, 1.165) is 12.2 Å². The molecule has 2 unspecified atom stereocenters. The number of phosphoric ester groups is 1. The molecule has 0 bridgehead atoms. The molecule has 2 aromatic rings. The van der Waals surface area contributed by atoms with Crippen molar-refractivity contribution < 1.29 is 43.4 Å². The fourth-order valence-electron chi connectivity index (χ4n) is 2.96. The molecule has 14 nitrogen and oxygen atoms in total. The quantitative estimate of drug-likeness (QED) is 0.124. The van der Waals surface area contributed by atoms with Gasteiger partial charge in [-0.05, 0) is 6.42 Å². The number of aromatic nitrogens is 4. The summed E-state index contributed by atoms with van der Waals surface area (Å²) in [6.45, 7) is 1.21. The van der Waals surface area contributed by atoms with E-state index in [9.17, 15) is 19.6 Å². The van der Waals surface area contributed by atoms with Crippen molar-refractivity contribution >= 4 is 42.5 Å². The number of hydrogen-bond donors (Lipinski definition) is 5. The van der Waals surface area contributed by atoms with Gasteiger partial charge in [0.2, 0.25) is 0 Å². The largest absolute Gasteiger partial charge is 0.469 e. The first-order valence-electron chi connectivity index (χ1n) is 9.54. The van der Waals surface area contributed by atoms with Crippen molar-refractivity contribution in [2.24, 2.45) is 0 Å². The van der Waals surface area contributed by atoms with Gasteiger partial charge in [-0.15, -0.1) is 0 Å². The zero-order valence-electron chi connectivity index (χ0n) is 17.2. The SMILES string of the molecule is CCCSc1nc(NCC(=O)OC)c2ncn([C@@H]3O[C@H](COP(=O)(O)O)C(O)C3O)c2n1. The number of phosphoric acid groups is 1. The summed E-state index contributed by atoms with van der Waals surface area (Å²) in [4.78, 5) is 42.4. The maximum absolute atomic E-state index is 11.5. The number of ether oxygens (including phenoxy) is 2. The molecule has 1 aliphatic rings. The van der Waals surface area contributed by atoms with Gasteiger partial charge in [0.25, 0.3) is 0 Å². The van der Waals surface area contributed by atoms with Crippen LogP contribution in [0, 0.1) is 0 Å². The number of nitrogens with zero attached hydrogens (tertiary/aromatic N) is 4. The van der Waals surface area contributed by atoms with Crippen LogP contribution in [0.1, 0.15) is 19.6 Å². The Hall–Kier alpha value is -1.84. The van der Waals surface area contributed by atoms with Crippen LogP contribution in [0.15, 0.2) is 11.5 Å². The van der Waals surface area contributed by atoms with Crippen LogP contribution in [0.2, 0.25) is 0 Å². The third kappa shape index (κ3) is 5.74. The lowest BCUT2D eigenvalue weighted by molar-refractivity contribution is -0.138. The summed E-state index contributed by atoms with van der Waals surface area (Å²) >= 11 is 1.38. The van der Waals surface area contributed by atoms with E-state index < -0.39 is 44.9 Å². The van der Waals surface area contributed by atoms with Gasteiger partial charge < -0.3 is 34.8 Å². The Morgan fingerprint density at radius 1 is 1.34 bits per heavy atom. The number of carbonyl (C=O) groups is 1. The highest BCUT2D eigenvalue weighted by Gasteiger charge is 2.45. The normalized spacial score (nSPS) is 23.6. The molecule has 0 aromatic carbocycles. The Labute approximate surface area is 186 Å². The Bertz CT molecular complexity index is 1000. The van der Waals surface area contributed by atoms with Crippen LogP contribution < -0.4 is 5.32 Å². The fourth-order valence-corrected chi connectivity index (χ4v) is 3.99. The summed E-state index contributed by atoms with van der Waals surface area (Å²) in [6.07, 6.45) is -3.10. The molecule has 0 aliphatic carbocycles. The predicted octanol–water partition coefficient (Wildman–Crippen LogP) is -0.358. The number of imidazole rings is 1. The molecule has 0 saturated carbocycles.